The van der Waals surface area contributed by atoms with Gasteiger partial charge in [0.2, 0.25) is 5.91 Å². The predicted molar refractivity (Wildman–Crippen MR) is 122 cm³/mol. The molecule has 0 aromatic heterocycles. The van der Waals surface area contributed by atoms with E-state index in [2.05, 4.69) is 18.2 Å². The molecule has 0 fully saturated rings. The molecule has 0 saturated carbocycles. The third-order valence-corrected chi connectivity index (χ3v) is 4.94. The van der Waals surface area contributed by atoms with E-state index in [4.69, 9.17) is 4.74 Å². The molecule has 1 amide bonds. The normalized spacial score (nSPS) is 10.6. The summed E-state index contributed by atoms with van der Waals surface area (Å²) >= 11 is 1.10. The molecule has 2 aromatic carbocycles. The second-order valence-corrected chi connectivity index (χ2v) is 8.05. The Balaban J connectivity index is 0.00000249. The molecule has 0 atom stereocenters. The maximum absolute atomic E-state index is 14.5. The molecule has 0 saturated heterocycles. The zero-order valence-corrected chi connectivity index (χ0v) is 19.2. The minimum atomic E-state index is -0.884. The van der Waals surface area contributed by atoms with Crippen LogP contribution in [0.3, 0.4) is 0 Å². The van der Waals surface area contributed by atoms with Crippen LogP contribution in [-0.4, -0.2) is 55.4 Å². The highest BCUT2D eigenvalue weighted by Gasteiger charge is 2.18. The summed E-state index contributed by atoms with van der Waals surface area (Å²) in [5.41, 5.74) is 0. The molecule has 0 aliphatic heterocycles. The number of terminal acetylenes is 1. The Morgan fingerprint density at radius 2 is 1.66 bits per heavy atom. The number of hydrogen-bond acceptors (Lipinski definition) is 5. The third kappa shape index (κ3) is 9.64. The van der Waals surface area contributed by atoms with Gasteiger partial charge < -0.3 is 15.0 Å². The third-order valence-electron chi connectivity index (χ3n) is 3.93. The lowest BCUT2D eigenvalue weighted by atomic mass is 10.3. The molecular weight excluding hydrogens is 439 g/mol. The summed E-state index contributed by atoms with van der Waals surface area (Å²) in [6.45, 7) is 3.82. The molecular formula is C23H28F3N3O2S. The molecule has 0 heterocycles. The second kappa shape index (κ2) is 14.4. The lowest BCUT2D eigenvalue weighted by molar-refractivity contribution is -0.121. The Morgan fingerprint density at radius 3 is 2.19 bits per heavy atom. The van der Waals surface area contributed by atoms with Gasteiger partial charge in [0.25, 0.3) is 0 Å². The van der Waals surface area contributed by atoms with Crippen molar-refractivity contribution in [3.05, 3.63) is 53.8 Å². The summed E-state index contributed by atoms with van der Waals surface area (Å²) in [5, 5.41) is 2.80. The van der Waals surface area contributed by atoms with Crippen LogP contribution < -0.4 is 10.1 Å². The standard InChI is InChI=1S/C21H26F3N3O2S.C2H2/c1-4-9-25-20(28)14-27(11-10-26(2)3)30-17-12-18(23)21(19(24)13-17)29-16-7-5-15(22)6-8-16;1-2/h5-8,12-13H,4,9-11,14H2,1-3H3,(H,25,28);1-2H. The van der Waals surface area contributed by atoms with Crippen LogP contribution in [0.4, 0.5) is 13.2 Å². The number of nitrogens with zero attached hydrogens (tertiary/aromatic N) is 2. The van der Waals surface area contributed by atoms with E-state index >= 15 is 0 Å². The minimum Gasteiger partial charge on any atom is -0.451 e. The van der Waals surface area contributed by atoms with Crippen LogP contribution in [0, 0.1) is 30.3 Å². The molecule has 0 spiro atoms. The summed E-state index contributed by atoms with van der Waals surface area (Å²) < 4.78 is 49.0. The maximum Gasteiger partial charge on any atom is 0.235 e. The summed E-state index contributed by atoms with van der Waals surface area (Å²) in [7, 11) is 3.81. The predicted octanol–water partition coefficient (Wildman–Crippen LogP) is 4.54. The lowest BCUT2D eigenvalue weighted by Crippen LogP contribution is -2.37. The number of likely N-dealkylation sites (N-methyl/N-ethyl adjacent to an activating group) is 1. The van der Waals surface area contributed by atoms with Crippen LogP contribution in [-0.2, 0) is 4.79 Å². The van der Waals surface area contributed by atoms with Gasteiger partial charge in [0.15, 0.2) is 17.4 Å². The largest absolute Gasteiger partial charge is 0.451 e. The van der Waals surface area contributed by atoms with Crippen molar-refractivity contribution in [3.63, 3.8) is 0 Å². The first-order valence-electron chi connectivity index (χ1n) is 9.88. The highest BCUT2D eigenvalue weighted by atomic mass is 32.2. The SMILES string of the molecule is C#C.CCCNC(=O)CN(CCN(C)C)Sc1cc(F)c(Oc2ccc(F)cc2)c(F)c1. The van der Waals surface area contributed by atoms with Gasteiger partial charge in [0.05, 0.1) is 6.54 Å². The van der Waals surface area contributed by atoms with Gasteiger partial charge in [-0.05, 0) is 68.9 Å². The van der Waals surface area contributed by atoms with Crippen LogP contribution >= 0.6 is 11.9 Å². The molecule has 9 heteroatoms. The van der Waals surface area contributed by atoms with Gasteiger partial charge in [-0.3, -0.25) is 4.79 Å². The quantitative estimate of drug-likeness (QED) is 0.388. The van der Waals surface area contributed by atoms with Crippen molar-refractivity contribution in [2.45, 2.75) is 18.2 Å². The maximum atomic E-state index is 14.5. The Bertz CT molecular complexity index is 854. The van der Waals surface area contributed by atoms with Crippen molar-refractivity contribution in [1.29, 1.82) is 0 Å². The van der Waals surface area contributed by atoms with E-state index < -0.39 is 23.2 Å². The Labute approximate surface area is 192 Å². The van der Waals surface area contributed by atoms with Gasteiger partial charge in [-0.2, -0.15) is 0 Å². The Morgan fingerprint density at radius 1 is 1.06 bits per heavy atom. The van der Waals surface area contributed by atoms with Crippen molar-refractivity contribution >= 4 is 17.9 Å². The van der Waals surface area contributed by atoms with Gasteiger partial charge in [0.1, 0.15) is 11.6 Å². The average Bonchev–Trinajstić information content (AvgIpc) is 2.76. The van der Waals surface area contributed by atoms with Gasteiger partial charge in [-0.15, -0.1) is 12.8 Å². The number of hydrogen-bond donors (Lipinski definition) is 1. The minimum absolute atomic E-state index is 0.0928. The van der Waals surface area contributed by atoms with Crippen molar-refractivity contribution in [2.75, 3.05) is 40.3 Å². The van der Waals surface area contributed by atoms with Crippen molar-refractivity contribution < 1.29 is 22.7 Å². The average molecular weight is 468 g/mol. The molecule has 2 rings (SSSR count). The van der Waals surface area contributed by atoms with E-state index in [1.807, 2.05) is 25.9 Å². The van der Waals surface area contributed by atoms with Crippen LogP contribution in [0.1, 0.15) is 13.3 Å². The summed E-state index contributed by atoms with van der Waals surface area (Å²) in [6, 6.07) is 7.16. The fraction of sp³-hybridized carbons (Fsp3) is 0.348. The second-order valence-electron chi connectivity index (χ2n) is 6.88. The van der Waals surface area contributed by atoms with Gasteiger partial charge in [0, 0.05) is 24.5 Å². The first-order valence-corrected chi connectivity index (χ1v) is 10.7. The Kier molecular flexibility index (Phi) is 12.3. The molecule has 5 nitrogen and oxygen atoms in total. The van der Waals surface area contributed by atoms with Gasteiger partial charge >= 0.3 is 0 Å². The number of rotatable bonds is 11. The van der Waals surface area contributed by atoms with E-state index in [0.717, 1.165) is 42.6 Å². The number of halogens is 3. The molecule has 32 heavy (non-hydrogen) atoms. The summed E-state index contributed by atoms with van der Waals surface area (Å²) in [5.74, 6) is -2.84. The van der Waals surface area contributed by atoms with Crippen molar-refractivity contribution in [3.8, 4) is 24.3 Å². The molecule has 1 N–H and O–H groups in total. The van der Waals surface area contributed by atoms with Crippen LogP contribution in [0.5, 0.6) is 11.5 Å². The zero-order chi connectivity index (χ0) is 24.1. The van der Waals surface area contributed by atoms with Crippen LogP contribution in [0.25, 0.3) is 0 Å². The van der Waals surface area contributed by atoms with Crippen LogP contribution in [0.2, 0.25) is 0 Å². The number of carbonyl (C=O) groups excluding carboxylic acids is 1. The molecule has 0 aliphatic carbocycles. The first kappa shape index (κ1) is 27.4. The van der Waals surface area contributed by atoms with Gasteiger partial charge in [-0.25, -0.2) is 17.5 Å². The molecule has 0 unspecified atom stereocenters. The lowest BCUT2D eigenvalue weighted by Gasteiger charge is -2.22. The van der Waals surface area contributed by atoms with Crippen molar-refractivity contribution in [2.24, 2.45) is 0 Å². The molecule has 0 radical (unpaired) electrons. The molecule has 0 bridgehead atoms. The zero-order valence-electron chi connectivity index (χ0n) is 18.4. The number of ether oxygens (including phenoxy) is 1. The number of carbonyl (C=O) groups is 1. The summed E-state index contributed by atoms with van der Waals surface area (Å²) in [4.78, 5) is 14.3. The summed E-state index contributed by atoms with van der Waals surface area (Å²) in [6.07, 6.45) is 8.82. The van der Waals surface area contributed by atoms with E-state index in [1.54, 1.807) is 4.31 Å². The highest BCUT2D eigenvalue weighted by Crippen LogP contribution is 2.33. The van der Waals surface area contributed by atoms with E-state index in [9.17, 15) is 18.0 Å². The Hall–Kier alpha value is -2.67. The number of benzene rings is 2. The molecule has 2 aromatic rings. The number of amides is 1. The topological polar surface area (TPSA) is 44.8 Å². The smallest absolute Gasteiger partial charge is 0.235 e. The van der Waals surface area contributed by atoms with Gasteiger partial charge in [-0.1, -0.05) is 6.92 Å². The van der Waals surface area contributed by atoms with E-state index in [-0.39, 0.29) is 18.2 Å². The molecule has 174 valence electrons. The van der Waals surface area contributed by atoms with Crippen molar-refractivity contribution in [1.82, 2.24) is 14.5 Å². The van der Waals surface area contributed by atoms with E-state index in [0.29, 0.717) is 24.5 Å². The fourth-order valence-corrected chi connectivity index (χ4v) is 3.37. The monoisotopic (exact) mass is 467 g/mol. The van der Waals surface area contributed by atoms with E-state index in [1.165, 1.54) is 12.1 Å². The molecule has 0 aliphatic rings. The van der Waals surface area contributed by atoms with Crippen LogP contribution in [0.15, 0.2) is 41.3 Å². The highest BCUT2D eigenvalue weighted by molar-refractivity contribution is 7.97. The fourth-order valence-electron chi connectivity index (χ4n) is 2.41. The first-order chi connectivity index (χ1) is 15.3. The number of nitrogens with one attached hydrogen (secondary N) is 1.